The van der Waals surface area contributed by atoms with Crippen LogP contribution in [0.4, 0.5) is 0 Å². The first kappa shape index (κ1) is 22.8. The van der Waals surface area contributed by atoms with E-state index in [4.69, 9.17) is 9.26 Å². The van der Waals surface area contributed by atoms with Gasteiger partial charge in [-0.3, -0.25) is 4.79 Å². The van der Waals surface area contributed by atoms with Crippen molar-refractivity contribution in [3.05, 3.63) is 66.0 Å². The van der Waals surface area contributed by atoms with Gasteiger partial charge in [0.2, 0.25) is 0 Å². The van der Waals surface area contributed by atoms with E-state index >= 15 is 0 Å². The van der Waals surface area contributed by atoms with Crippen LogP contribution in [0.3, 0.4) is 0 Å². The number of ether oxygens (including phenoxy) is 1. The molecule has 35 heavy (non-hydrogen) atoms. The van der Waals surface area contributed by atoms with Crippen LogP contribution in [0.15, 0.2) is 64.7 Å². The largest absolute Gasteiger partial charge is 0.455 e. The molecule has 1 atom stereocenters. The van der Waals surface area contributed by atoms with Crippen molar-refractivity contribution in [3.63, 3.8) is 0 Å². The summed E-state index contributed by atoms with van der Waals surface area (Å²) in [6, 6.07) is 12.3. The van der Waals surface area contributed by atoms with E-state index in [2.05, 4.69) is 41.6 Å². The first-order chi connectivity index (χ1) is 17.2. The number of carbonyl (C=O) groups excluding carboxylic acids is 1. The van der Waals surface area contributed by atoms with Gasteiger partial charge in [-0.2, -0.15) is 0 Å². The Morgan fingerprint density at radius 1 is 1.09 bits per heavy atom. The van der Waals surface area contributed by atoms with Gasteiger partial charge in [-0.15, -0.1) is 0 Å². The molecular weight excluding hydrogens is 436 g/mol. The number of rotatable bonds is 6. The Hall–Kier alpha value is -2.66. The fraction of sp³-hybridized carbons (Fsp3) is 0.533. The number of piperidine rings is 3. The lowest BCUT2D eigenvalue weighted by molar-refractivity contribution is -0.959. The van der Waals surface area contributed by atoms with Gasteiger partial charge in [0.1, 0.15) is 18.8 Å². The molecule has 3 aliphatic heterocycles. The molecule has 4 fully saturated rings. The summed E-state index contributed by atoms with van der Waals surface area (Å²) in [7, 11) is 0. The van der Waals surface area contributed by atoms with Crippen molar-refractivity contribution in [1.29, 1.82) is 0 Å². The van der Waals surface area contributed by atoms with Gasteiger partial charge in [0.15, 0.2) is 11.9 Å². The maximum absolute atomic E-state index is 13.9. The third-order valence-corrected chi connectivity index (χ3v) is 9.15. The Balaban J connectivity index is 1.18. The van der Waals surface area contributed by atoms with Crippen molar-refractivity contribution in [2.24, 2.45) is 11.3 Å². The first-order valence-electron chi connectivity index (χ1n) is 13.6. The number of carbonyl (C=O) groups is 1. The number of aromatic nitrogens is 1. The molecule has 1 aromatic heterocycles. The molecular formula is C30H37N2O3+. The van der Waals surface area contributed by atoms with E-state index in [9.17, 15) is 4.79 Å². The van der Waals surface area contributed by atoms with E-state index in [1.165, 1.54) is 18.4 Å². The van der Waals surface area contributed by atoms with Crippen molar-refractivity contribution in [1.82, 2.24) is 5.16 Å². The molecule has 1 aromatic carbocycles. The van der Waals surface area contributed by atoms with Crippen LogP contribution < -0.4 is 0 Å². The number of fused-ring (bicyclic) bond motifs is 3. The molecule has 2 aromatic rings. The van der Waals surface area contributed by atoms with Crippen LogP contribution >= 0.6 is 0 Å². The maximum atomic E-state index is 13.9. The van der Waals surface area contributed by atoms with Gasteiger partial charge >= 0.3 is 5.97 Å². The zero-order valence-electron chi connectivity index (χ0n) is 20.7. The molecule has 2 bridgehead atoms. The third-order valence-electron chi connectivity index (χ3n) is 9.15. The number of benzene rings is 1. The summed E-state index contributed by atoms with van der Waals surface area (Å²) < 4.78 is 13.2. The Labute approximate surface area is 208 Å². The second kappa shape index (κ2) is 9.42. The second-order valence-corrected chi connectivity index (χ2v) is 11.3. The third kappa shape index (κ3) is 4.40. The van der Waals surface area contributed by atoms with Crippen molar-refractivity contribution in [2.45, 2.75) is 70.4 Å². The zero-order chi connectivity index (χ0) is 23.7. The standard InChI is InChI=1S/C30H37N2O3/c33-29(30(25-12-6-7-13-25)16-8-1-2-9-17-30)34-28-22-32(18-14-24(28)15-19-32)21-26-20-27(31-35-26)23-10-4-3-5-11-23/h3-7,10-12,20,24,28H,1-2,8-9,13-19,21-22H2/q+1/t24?,28-,32?/m0/s1. The highest BCUT2D eigenvalue weighted by Crippen LogP contribution is 2.47. The molecule has 0 amide bonds. The van der Waals surface area contributed by atoms with E-state index < -0.39 is 5.41 Å². The quantitative estimate of drug-likeness (QED) is 0.284. The molecule has 7 rings (SSSR count). The minimum absolute atomic E-state index is 0.0107. The summed E-state index contributed by atoms with van der Waals surface area (Å²) in [5.41, 5.74) is 2.84. The van der Waals surface area contributed by atoms with E-state index in [0.717, 1.165) is 92.6 Å². The van der Waals surface area contributed by atoms with Crippen molar-refractivity contribution >= 4 is 5.97 Å². The molecule has 1 saturated carbocycles. The van der Waals surface area contributed by atoms with Crippen LogP contribution in [-0.2, 0) is 16.1 Å². The van der Waals surface area contributed by atoms with Crippen LogP contribution in [0, 0.1) is 11.3 Å². The molecule has 5 nitrogen and oxygen atoms in total. The van der Waals surface area contributed by atoms with Gasteiger partial charge in [-0.1, -0.05) is 79.4 Å². The molecule has 0 unspecified atom stereocenters. The van der Waals surface area contributed by atoms with E-state index in [1.807, 2.05) is 18.2 Å². The van der Waals surface area contributed by atoms with E-state index in [1.54, 1.807) is 0 Å². The van der Waals surface area contributed by atoms with Crippen molar-refractivity contribution in [2.75, 3.05) is 19.6 Å². The monoisotopic (exact) mass is 473 g/mol. The topological polar surface area (TPSA) is 52.3 Å². The highest BCUT2D eigenvalue weighted by molar-refractivity contribution is 5.81. The summed E-state index contributed by atoms with van der Waals surface area (Å²) in [5.74, 6) is 1.47. The Morgan fingerprint density at radius 2 is 1.86 bits per heavy atom. The van der Waals surface area contributed by atoms with Gasteiger partial charge in [-0.05, 0) is 24.8 Å². The predicted molar refractivity (Wildman–Crippen MR) is 135 cm³/mol. The SMILES string of the molecule is O=C(O[C@H]1C[N+]2(Cc3cc(-c4ccccc4)no3)CCC1CC2)C1(C2=CC=CC2)CCCCCC1. The fourth-order valence-corrected chi connectivity index (χ4v) is 7.08. The minimum atomic E-state index is -0.410. The molecule has 0 spiro atoms. The number of quaternary nitrogens is 1. The summed E-state index contributed by atoms with van der Waals surface area (Å²) in [6.45, 7) is 3.96. The molecule has 3 saturated heterocycles. The lowest BCUT2D eigenvalue weighted by Gasteiger charge is -2.52. The number of allylic oxidation sites excluding steroid dienone is 3. The maximum Gasteiger partial charge on any atom is 0.316 e. The summed E-state index contributed by atoms with van der Waals surface area (Å²) >= 11 is 0. The zero-order valence-corrected chi connectivity index (χ0v) is 20.7. The van der Waals surface area contributed by atoms with Crippen LogP contribution in [0.2, 0.25) is 0 Å². The van der Waals surface area contributed by atoms with Gasteiger partial charge in [0, 0.05) is 30.4 Å². The molecule has 4 heterocycles. The normalized spacial score (nSPS) is 29.5. The van der Waals surface area contributed by atoms with Gasteiger partial charge in [0.05, 0.1) is 18.5 Å². The number of nitrogens with zero attached hydrogens (tertiary/aromatic N) is 2. The lowest BCUT2D eigenvalue weighted by Crippen LogP contribution is -2.64. The molecule has 2 aliphatic carbocycles. The van der Waals surface area contributed by atoms with Crippen LogP contribution in [0.5, 0.6) is 0 Å². The summed E-state index contributed by atoms with van der Waals surface area (Å²) in [5, 5.41) is 4.34. The van der Waals surface area contributed by atoms with Crippen LogP contribution in [-0.4, -0.2) is 41.3 Å². The number of esters is 1. The number of hydrogen-bond donors (Lipinski definition) is 0. The van der Waals surface area contributed by atoms with E-state index in [-0.39, 0.29) is 12.1 Å². The second-order valence-electron chi connectivity index (χ2n) is 11.3. The molecule has 184 valence electrons. The number of hydrogen-bond acceptors (Lipinski definition) is 4. The van der Waals surface area contributed by atoms with Crippen LogP contribution in [0.1, 0.15) is 63.5 Å². The van der Waals surface area contributed by atoms with Crippen molar-refractivity contribution < 1.29 is 18.5 Å². The lowest BCUT2D eigenvalue weighted by atomic mass is 9.73. The summed E-state index contributed by atoms with van der Waals surface area (Å²) in [6.07, 6.45) is 16.2. The van der Waals surface area contributed by atoms with Gasteiger partial charge in [-0.25, -0.2) is 0 Å². The molecule has 0 N–H and O–H groups in total. The van der Waals surface area contributed by atoms with Gasteiger partial charge < -0.3 is 13.7 Å². The Morgan fingerprint density at radius 3 is 2.57 bits per heavy atom. The average Bonchev–Trinajstić information content (AvgIpc) is 3.53. The highest BCUT2D eigenvalue weighted by atomic mass is 16.5. The average molecular weight is 474 g/mol. The highest BCUT2D eigenvalue weighted by Gasteiger charge is 2.51. The van der Waals surface area contributed by atoms with Crippen molar-refractivity contribution in [3.8, 4) is 11.3 Å². The Kier molecular flexibility index (Phi) is 6.13. The Bertz CT molecular complexity index is 1100. The predicted octanol–water partition coefficient (Wildman–Crippen LogP) is 6.22. The minimum Gasteiger partial charge on any atom is -0.455 e. The summed E-state index contributed by atoms with van der Waals surface area (Å²) in [4.78, 5) is 13.9. The first-order valence-corrected chi connectivity index (χ1v) is 13.6. The smallest absolute Gasteiger partial charge is 0.316 e. The van der Waals surface area contributed by atoms with Crippen LogP contribution in [0.25, 0.3) is 11.3 Å². The fourth-order valence-electron chi connectivity index (χ4n) is 7.08. The van der Waals surface area contributed by atoms with Gasteiger partial charge in [0.25, 0.3) is 0 Å². The van der Waals surface area contributed by atoms with E-state index in [0.29, 0.717) is 5.92 Å². The molecule has 5 heteroatoms. The molecule has 5 aliphatic rings. The molecule has 0 radical (unpaired) electrons.